The van der Waals surface area contributed by atoms with Gasteiger partial charge >= 0.3 is 0 Å². The minimum atomic E-state index is -0.655. The Balaban J connectivity index is 2.11. The van der Waals surface area contributed by atoms with Crippen LogP contribution >= 0.6 is 0 Å². The molecule has 0 saturated carbocycles. The summed E-state index contributed by atoms with van der Waals surface area (Å²) in [5, 5.41) is 11.2. The van der Waals surface area contributed by atoms with E-state index in [2.05, 4.69) is 0 Å². The molecule has 6 nitrogen and oxygen atoms in total. The van der Waals surface area contributed by atoms with Gasteiger partial charge in [0.05, 0.1) is 17.7 Å². The van der Waals surface area contributed by atoms with Crippen LogP contribution in [0.3, 0.4) is 0 Å². The normalized spacial score (nSPS) is 17.8. The number of benzene rings is 2. The van der Waals surface area contributed by atoms with Crippen molar-refractivity contribution in [2.45, 2.75) is 46.3 Å². The number of aryl methyl sites for hydroxylation is 1. The van der Waals surface area contributed by atoms with Gasteiger partial charge in [0.15, 0.2) is 0 Å². The summed E-state index contributed by atoms with van der Waals surface area (Å²) in [6.07, 6.45) is 0.734. The SMILES string of the molecule is CCCN1C(=O)C(=O)/C(=C(\O)c2ccc(OC(C)C)c(C)c2)C1c1ccc(N(C)C)cc1. The van der Waals surface area contributed by atoms with Gasteiger partial charge in [-0.1, -0.05) is 19.1 Å². The van der Waals surface area contributed by atoms with Crippen molar-refractivity contribution in [1.29, 1.82) is 0 Å². The van der Waals surface area contributed by atoms with Crippen LogP contribution < -0.4 is 9.64 Å². The Kier molecular flexibility index (Phi) is 6.92. The van der Waals surface area contributed by atoms with E-state index in [0.717, 1.165) is 22.6 Å². The van der Waals surface area contributed by atoms with E-state index in [9.17, 15) is 14.7 Å². The number of anilines is 1. The topological polar surface area (TPSA) is 70.1 Å². The van der Waals surface area contributed by atoms with Gasteiger partial charge in [0, 0.05) is 31.9 Å². The van der Waals surface area contributed by atoms with Crippen LogP contribution in [0.5, 0.6) is 5.75 Å². The summed E-state index contributed by atoms with van der Waals surface area (Å²) in [6.45, 7) is 8.18. The van der Waals surface area contributed by atoms with Gasteiger partial charge in [0.1, 0.15) is 11.5 Å². The molecular weight excluding hydrogens is 404 g/mol. The molecule has 2 aromatic rings. The summed E-state index contributed by atoms with van der Waals surface area (Å²) in [6, 6.07) is 12.4. The predicted octanol–water partition coefficient (Wildman–Crippen LogP) is 4.68. The standard InChI is InChI=1S/C26H32N2O4/c1-7-14-28-23(18-8-11-20(12-9-18)27(5)6)22(25(30)26(28)31)24(29)19-10-13-21(17(4)15-19)32-16(2)3/h8-13,15-16,23,29H,7,14H2,1-6H3/b24-22-. The van der Waals surface area contributed by atoms with E-state index in [1.165, 1.54) is 0 Å². The maximum atomic E-state index is 13.0. The lowest BCUT2D eigenvalue weighted by atomic mass is 9.94. The van der Waals surface area contributed by atoms with Gasteiger partial charge < -0.3 is 19.6 Å². The van der Waals surface area contributed by atoms with Crippen LogP contribution in [-0.2, 0) is 9.59 Å². The largest absolute Gasteiger partial charge is 0.507 e. The first-order valence-electron chi connectivity index (χ1n) is 11.0. The molecule has 1 unspecified atom stereocenters. The number of carbonyl (C=O) groups excluding carboxylic acids is 2. The summed E-state index contributed by atoms with van der Waals surface area (Å²) in [7, 11) is 3.90. The lowest BCUT2D eigenvalue weighted by Gasteiger charge is -2.25. The summed E-state index contributed by atoms with van der Waals surface area (Å²) in [5.74, 6) is -0.675. The minimum absolute atomic E-state index is 0.0256. The fourth-order valence-corrected chi connectivity index (χ4v) is 3.99. The minimum Gasteiger partial charge on any atom is -0.507 e. The van der Waals surface area contributed by atoms with Crippen LogP contribution in [0.2, 0.25) is 0 Å². The molecular formula is C26H32N2O4. The number of hydrogen-bond donors (Lipinski definition) is 1. The highest BCUT2D eigenvalue weighted by Crippen LogP contribution is 2.40. The number of ether oxygens (including phenoxy) is 1. The molecule has 1 aliphatic rings. The van der Waals surface area contributed by atoms with Crippen molar-refractivity contribution in [3.8, 4) is 5.75 Å². The van der Waals surface area contributed by atoms with Crippen LogP contribution in [0.4, 0.5) is 5.69 Å². The lowest BCUT2D eigenvalue weighted by molar-refractivity contribution is -0.139. The Labute approximate surface area is 190 Å². The van der Waals surface area contributed by atoms with Gasteiger partial charge in [-0.3, -0.25) is 9.59 Å². The van der Waals surface area contributed by atoms with Crippen molar-refractivity contribution in [2.24, 2.45) is 0 Å². The number of amides is 1. The molecule has 1 amide bonds. The Morgan fingerprint density at radius 1 is 1.12 bits per heavy atom. The Bertz CT molecular complexity index is 1040. The number of hydrogen-bond acceptors (Lipinski definition) is 5. The lowest BCUT2D eigenvalue weighted by Crippen LogP contribution is -2.30. The van der Waals surface area contributed by atoms with Crippen LogP contribution in [0, 0.1) is 6.92 Å². The number of ketones is 1. The zero-order chi connectivity index (χ0) is 23.6. The van der Waals surface area contributed by atoms with Crippen molar-refractivity contribution in [2.75, 3.05) is 25.5 Å². The van der Waals surface area contributed by atoms with Crippen molar-refractivity contribution in [1.82, 2.24) is 4.90 Å². The third kappa shape index (κ3) is 4.49. The first kappa shape index (κ1) is 23.4. The number of aliphatic hydroxyl groups excluding tert-OH is 1. The molecule has 1 saturated heterocycles. The zero-order valence-corrected chi connectivity index (χ0v) is 19.7. The summed E-state index contributed by atoms with van der Waals surface area (Å²) >= 11 is 0. The summed E-state index contributed by atoms with van der Waals surface area (Å²) in [4.78, 5) is 29.4. The van der Waals surface area contributed by atoms with Gasteiger partial charge in [-0.2, -0.15) is 0 Å². The molecule has 32 heavy (non-hydrogen) atoms. The Morgan fingerprint density at radius 3 is 2.31 bits per heavy atom. The molecule has 0 bridgehead atoms. The third-order valence-electron chi connectivity index (χ3n) is 5.54. The maximum absolute atomic E-state index is 13.0. The highest BCUT2D eigenvalue weighted by atomic mass is 16.5. The fourth-order valence-electron chi connectivity index (χ4n) is 3.99. The van der Waals surface area contributed by atoms with Crippen LogP contribution in [0.15, 0.2) is 48.0 Å². The van der Waals surface area contributed by atoms with Crippen molar-refractivity contribution >= 4 is 23.1 Å². The molecule has 1 aliphatic heterocycles. The highest BCUT2D eigenvalue weighted by molar-refractivity contribution is 6.46. The molecule has 0 aliphatic carbocycles. The number of carbonyl (C=O) groups is 2. The fraction of sp³-hybridized carbons (Fsp3) is 0.385. The number of Topliss-reactive ketones (excluding diaryl/α,β-unsaturated/α-hetero) is 1. The smallest absolute Gasteiger partial charge is 0.295 e. The van der Waals surface area contributed by atoms with Gasteiger partial charge in [-0.05, 0) is 68.7 Å². The van der Waals surface area contributed by atoms with E-state index in [4.69, 9.17) is 4.74 Å². The molecule has 0 spiro atoms. The van der Waals surface area contributed by atoms with Crippen molar-refractivity contribution < 1.29 is 19.4 Å². The van der Waals surface area contributed by atoms with Crippen LogP contribution in [-0.4, -0.2) is 48.4 Å². The molecule has 1 N–H and O–H groups in total. The molecule has 3 rings (SSSR count). The second-order valence-electron chi connectivity index (χ2n) is 8.63. The van der Waals surface area contributed by atoms with E-state index >= 15 is 0 Å². The molecule has 2 aromatic carbocycles. The maximum Gasteiger partial charge on any atom is 0.295 e. The first-order chi connectivity index (χ1) is 15.1. The van der Waals surface area contributed by atoms with Gasteiger partial charge in [0.2, 0.25) is 0 Å². The zero-order valence-electron chi connectivity index (χ0n) is 19.7. The molecule has 170 valence electrons. The van der Waals surface area contributed by atoms with E-state index in [1.54, 1.807) is 23.1 Å². The predicted molar refractivity (Wildman–Crippen MR) is 127 cm³/mol. The Morgan fingerprint density at radius 2 is 1.78 bits per heavy atom. The number of likely N-dealkylation sites (tertiary alicyclic amines) is 1. The number of rotatable bonds is 7. The van der Waals surface area contributed by atoms with Gasteiger partial charge in [-0.15, -0.1) is 0 Å². The van der Waals surface area contributed by atoms with Crippen LogP contribution in [0.1, 0.15) is 49.9 Å². The number of nitrogens with zero attached hydrogens (tertiary/aromatic N) is 2. The average Bonchev–Trinajstić information content (AvgIpc) is 2.99. The van der Waals surface area contributed by atoms with Gasteiger partial charge in [0.25, 0.3) is 11.7 Å². The van der Waals surface area contributed by atoms with Crippen molar-refractivity contribution in [3.05, 3.63) is 64.7 Å². The highest BCUT2D eigenvalue weighted by Gasteiger charge is 2.45. The third-order valence-corrected chi connectivity index (χ3v) is 5.54. The first-order valence-corrected chi connectivity index (χ1v) is 11.0. The van der Waals surface area contributed by atoms with Gasteiger partial charge in [-0.25, -0.2) is 0 Å². The molecule has 1 fully saturated rings. The van der Waals surface area contributed by atoms with Crippen LogP contribution in [0.25, 0.3) is 5.76 Å². The molecule has 1 heterocycles. The molecule has 0 radical (unpaired) electrons. The Hall–Kier alpha value is -3.28. The monoisotopic (exact) mass is 436 g/mol. The second-order valence-corrected chi connectivity index (χ2v) is 8.63. The van der Waals surface area contributed by atoms with E-state index in [0.29, 0.717) is 18.5 Å². The van der Waals surface area contributed by atoms with E-state index in [1.807, 2.05) is 71.0 Å². The number of aliphatic hydroxyl groups is 1. The second kappa shape index (κ2) is 9.47. The van der Waals surface area contributed by atoms with E-state index in [-0.39, 0.29) is 17.4 Å². The van der Waals surface area contributed by atoms with Crippen molar-refractivity contribution in [3.63, 3.8) is 0 Å². The quantitative estimate of drug-likeness (QED) is 0.388. The molecule has 1 atom stereocenters. The van der Waals surface area contributed by atoms with E-state index < -0.39 is 17.7 Å². The molecule has 0 aromatic heterocycles. The summed E-state index contributed by atoms with van der Waals surface area (Å²) < 4.78 is 5.78. The average molecular weight is 437 g/mol. The summed E-state index contributed by atoms with van der Waals surface area (Å²) in [5.41, 5.74) is 3.26. The molecule has 6 heteroatoms.